The van der Waals surface area contributed by atoms with Gasteiger partial charge in [-0.05, 0) is 86.7 Å². The van der Waals surface area contributed by atoms with E-state index in [1.54, 1.807) is 6.07 Å². The second-order valence-electron chi connectivity index (χ2n) is 11.3. The van der Waals surface area contributed by atoms with Crippen molar-refractivity contribution < 1.29 is 4.39 Å². The Morgan fingerprint density at radius 1 is 1.03 bits per heavy atom. The molecule has 2 heteroatoms. The first-order chi connectivity index (χ1) is 13.9. The molecule has 162 valence electrons. The first kappa shape index (κ1) is 21.2. The zero-order chi connectivity index (χ0) is 20.6. The minimum absolute atomic E-state index is 0.0469. The van der Waals surface area contributed by atoms with Gasteiger partial charge in [0.1, 0.15) is 5.82 Å². The summed E-state index contributed by atoms with van der Waals surface area (Å²) in [6, 6.07) is 5.48. The highest BCUT2D eigenvalue weighted by atomic mass is 19.1. The predicted octanol–water partition coefficient (Wildman–Crippen LogP) is 7.62. The number of hydrogen-bond donors (Lipinski definition) is 0. The van der Waals surface area contributed by atoms with Crippen LogP contribution in [0.1, 0.15) is 84.1 Å². The molecule has 1 aromatic rings. The molecule has 1 aliphatic heterocycles. The molecule has 0 amide bonds. The molecule has 1 aromatic carbocycles. The zero-order valence-electron chi connectivity index (χ0n) is 19.2. The molecule has 0 bridgehead atoms. The Labute approximate surface area is 178 Å². The van der Waals surface area contributed by atoms with Gasteiger partial charge in [-0.3, -0.25) is 0 Å². The van der Waals surface area contributed by atoms with E-state index < -0.39 is 0 Å². The Balaban J connectivity index is 1.26. The van der Waals surface area contributed by atoms with Crippen LogP contribution in [0.3, 0.4) is 0 Å². The van der Waals surface area contributed by atoms with Crippen LogP contribution in [0, 0.1) is 47.7 Å². The van der Waals surface area contributed by atoms with Crippen molar-refractivity contribution in [1.29, 1.82) is 0 Å². The van der Waals surface area contributed by atoms with Gasteiger partial charge >= 0.3 is 0 Å². The van der Waals surface area contributed by atoms with E-state index in [0.29, 0.717) is 5.41 Å². The Kier molecular flexibility index (Phi) is 6.28. The van der Waals surface area contributed by atoms with E-state index in [1.165, 1.54) is 57.8 Å². The van der Waals surface area contributed by atoms with Crippen LogP contribution in [-0.2, 0) is 0 Å². The molecular weight excluding hydrogens is 357 g/mol. The number of benzene rings is 1. The molecule has 3 fully saturated rings. The maximum absolute atomic E-state index is 14.3. The molecule has 1 spiro atoms. The average molecular weight is 400 g/mol. The molecule has 1 saturated heterocycles. The van der Waals surface area contributed by atoms with Gasteiger partial charge < -0.3 is 4.90 Å². The highest BCUT2D eigenvalue weighted by Crippen LogP contribution is 2.50. The van der Waals surface area contributed by atoms with Gasteiger partial charge in [0.05, 0.1) is 5.69 Å². The number of hydrogen-bond acceptors (Lipinski definition) is 1. The second-order valence-corrected chi connectivity index (χ2v) is 11.3. The summed E-state index contributed by atoms with van der Waals surface area (Å²) < 4.78 is 14.3. The summed E-state index contributed by atoms with van der Waals surface area (Å²) in [5, 5.41) is 0. The Bertz CT molecular complexity index is 660. The fourth-order valence-electron chi connectivity index (χ4n) is 6.95. The van der Waals surface area contributed by atoms with E-state index in [1.807, 2.05) is 19.1 Å². The third kappa shape index (κ3) is 4.52. The Hall–Kier alpha value is -1.05. The molecule has 1 heterocycles. The number of aryl methyl sites for hydroxylation is 1. The third-order valence-electron chi connectivity index (χ3n) is 8.92. The van der Waals surface area contributed by atoms with E-state index in [9.17, 15) is 4.39 Å². The first-order valence-corrected chi connectivity index (χ1v) is 12.4. The molecule has 1 nitrogen and oxygen atoms in total. The van der Waals surface area contributed by atoms with Crippen molar-refractivity contribution in [2.75, 3.05) is 18.0 Å². The molecule has 29 heavy (non-hydrogen) atoms. The van der Waals surface area contributed by atoms with Gasteiger partial charge in [0.25, 0.3) is 0 Å². The fourth-order valence-corrected chi connectivity index (χ4v) is 6.95. The van der Waals surface area contributed by atoms with Crippen molar-refractivity contribution in [2.24, 2.45) is 35.0 Å². The molecule has 2 aliphatic carbocycles. The van der Waals surface area contributed by atoms with Crippen molar-refractivity contribution in [3.8, 4) is 0 Å². The Morgan fingerprint density at radius 3 is 2.41 bits per heavy atom. The summed E-state index contributed by atoms with van der Waals surface area (Å²) in [6.45, 7) is 11.5. The molecular formula is C27H42FN. The van der Waals surface area contributed by atoms with Crippen molar-refractivity contribution >= 4 is 5.69 Å². The lowest BCUT2D eigenvalue weighted by Crippen LogP contribution is -2.58. The average Bonchev–Trinajstić information content (AvgIpc) is 2.67. The quantitative estimate of drug-likeness (QED) is 0.492. The topological polar surface area (TPSA) is 3.24 Å². The number of para-hydroxylation sites is 1. The summed E-state index contributed by atoms with van der Waals surface area (Å²) in [4.78, 5) is 2.29. The second kappa shape index (κ2) is 8.60. The Morgan fingerprint density at radius 2 is 1.76 bits per heavy atom. The number of anilines is 1. The van der Waals surface area contributed by atoms with Crippen molar-refractivity contribution in [1.82, 2.24) is 0 Å². The van der Waals surface area contributed by atoms with Gasteiger partial charge in [-0.15, -0.1) is 0 Å². The molecule has 0 radical (unpaired) electrons. The SMILES string of the molecule is Cc1cccc(F)c1N1CC2(CCC(C(C)CC3CCCC(C(C)C)C3)CC2)C1. The zero-order valence-corrected chi connectivity index (χ0v) is 19.2. The molecule has 0 N–H and O–H groups in total. The summed E-state index contributed by atoms with van der Waals surface area (Å²) >= 11 is 0. The minimum atomic E-state index is -0.0469. The molecule has 4 rings (SSSR count). The van der Waals surface area contributed by atoms with Gasteiger partial charge in [-0.25, -0.2) is 4.39 Å². The largest absolute Gasteiger partial charge is 0.368 e. The number of rotatable bonds is 5. The maximum atomic E-state index is 14.3. The van der Waals surface area contributed by atoms with Crippen LogP contribution >= 0.6 is 0 Å². The van der Waals surface area contributed by atoms with E-state index in [-0.39, 0.29) is 5.82 Å². The highest BCUT2D eigenvalue weighted by Gasteiger charge is 2.46. The van der Waals surface area contributed by atoms with Gasteiger partial charge in [-0.1, -0.05) is 52.2 Å². The molecule has 2 saturated carbocycles. The minimum Gasteiger partial charge on any atom is -0.368 e. The van der Waals surface area contributed by atoms with Gasteiger partial charge in [0, 0.05) is 18.5 Å². The van der Waals surface area contributed by atoms with Gasteiger partial charge in [-0.2, -0.15) is 0 Å². The summed E-state index contributed by atoms with van der Waals surface area (Å²) in [7, 11) is 0. The van der Waals surface area contributed by atoms with Crippen LogP contribution in [0.4, 0.5) is 10.1 Å². The van der Waals surface area contributed by atoms with E-state index in [2.05, 4.69) is 25.7 Å². The lowest BCUT2D eigenvalue weighted by Gasteiger charge is -2.55. The fraction of sp³-hybridized carbons (Fsp3) is 0.778. The van der Waals surface area contributed by atoms with Crippen LogP contribution in [0.25, 0.3) is 0 Å². The van der Waals surface area contributed by atoms with Crippen molar-refractivity contribution in [2.45, 2.75) is 85.5 Å². The van der Waals surface area contributed by atoms with E-state index >= 15 is 0 Å². The molecule has 0 aromatic heterocycles. The smallest absolute Gasteiger partial charge is 0.146 e. The molecule has 3 aliphatic rings. The summed E-state index contributed by atoms with van der Waals surface area (Å²) in [6.07, 6.45) is 12.8. The van der Waals surface area contributed by atoms with Crippen LogP contribution in [0.5, 0.6) is 0 Å². The van der Waals surface area contributed by atoms with Crippen LogP contribution < -0.4 is 4.90 Å². The van der Waals surface area contributed by atoms with Crippen LogP contribution in [0.2, 0.25) is 0 Å². The maximum Gasteiger partial charge on any atom is 0.146 e. The first-order valence-electron chi connectivity index (χ1n) is 12.4. The number of nitrogens with zero attached hydrogens (tertiary/aromatic N) is 1. The normalized spacial score (nSPS) is 28.6. The molecule has 3 atom stereocenters. The van der Waals surface area contributed by atoms with Crippen molar-refractivity contribution in [3.63, 3.8) is 0 Å². The van der Waals surface area contributed by atoms with Crippen molar-refractivity contribution in [3.05, 3.63) is 29.6 Å². The number of halogens is 1. The summed E-state index contributed by atoms with van der Waals surface area (Å²) in [5.41, 5.74) is 2.40. The lowest BCUT2D eigenvalue weighted by atomic mass is 9.62. The van der Waals surface area contributed by atoms with Crippen LogP contribution in [0.15, 0.2) is 18.2 Å². The predicted molar refractivity (Wildman–Crippen MR) is 122 cm³/mol. The van der Waals surface area contributed by atoms with Gasteiger partial charge in [0.2, 0.25) is 0 Å². The summed E-state index contributed by atoms with van der Waals surface area (Å²) in [5.74, 6) is 4.57. The third-order valence-corrected chi connectivity index (χ3v) is 8.92. The van der Waals surface area contributed by atoms with Gasteiger partial charge in [0.15, 0.2) is 0 Å². The van der Waals surface area contributed by atoms with E-state index in [0.717, 1.165) is 53.9 Å². The van der Waals surface area contributed by atoms with E-state index in [4.69, 9.17) is 0 Å². The molecule has 3 unspecified atom stereocenters. The monoisotopic (exact) mass is 399 g/mol. The standard InChI is InChI=1S/C27H42FN/c1-19(2)24-9-6-8-22(16-24)15-21(4)23-11-13-27(14-12-23)17-29(18-27)26-20(3)7-5-10-25(26)28/h5,7,10,19,21-24H,6,8-9,11-18H2,1-4H3. The van der Waals surface area contributed by atoms with Crippen LogP contribution in [-0.4, -0.2) is 13.1 Å². The highest BCUT2D eigenvalue weighted by molar-refractivity contribution is 5.57. The lowest BCUT2D eigenvalue weighted by molar-refractivity contribution is 0.0781.